The van der Waals surface area contributed by atoms with Crippen molar-refractivity contribution in [1.29, 1.82) is 0 Å². The quantitative estimate of drug-likeness (QED) is 0.201. The van der Waals surface area contributed by atoms with Crippen LogP contribution in [0.2, 0.25) is 0 Å². The Hall–Kier alpha value is -4.58. The van der Waals surface area contributed by atoms with Gasteiger partial charge in [0.05, 0.1) is 28.9 Å². The zero-order valence-corrected chi connectivity index (χ0v) is 35.0. The predicted molar refractivity (Wildman–Crippen MR) is 229 cm³/mol. The van der Waals surface area contributed by atoms with Gasteiger partial charge in [-0.1, -0.05) is 47.6 Å². The molecule has 2 unspecified atom stereocenters. The summed E-state index contributed by atoms with van der Waals surface area (Å²) < 4.78 is 0. The van der Waals surface area contributed by atoms with E-state index in [0.717, 1.165) is 74.3 Å². The van der Waals surface area contributed by atoms with Crippen molar-refractivity contribution in [3.63, 3.8) is 0 Å². The third-order valence-electron chi connectivity index (χ3n) is 13.0. The zero-order chi connectivity index (χ0) is 38.6. The Labute approximate surface area is 323 Å². The highest BCUT2D eigenvalue weighted by atomic mass is 14.9. The molecule has 54 heavy (non-hydrogen) atoms. The second kappa shape index (κ2) is 14.9. The Bertz CT molecular complexity index is 2380. The number of aromatic nitrogens is 3. The molecule has 0 radical (unpaired) electrons. The minimum Gasteiger partial charge on any atom is -0.387 e. The van der Waals surface area contributed by atoms with Crippen LogP contribution in [-0.2, 0) is 19.3 Å². The predicted octanol–water partition coefficient (Wildman–Crippen LogP) is 9.60. The van der Waals surface area contributed by atoms with Crippen molar-refractivity contribution in [1.82, 2.24) is 20.3 Å². The van der Waals surface area contributed by atoms with Gasteiger partial charge >= 0.3 is 0 Å². The molecule has 3 aromatic rings. The molecule has 2 atom stereocenters. The SMILES string of the molecule is CCC1=C2CC3N=C(/C=C4\N=C(C(C)=C4CC)c4[nH]c(c(CC)c4C)C=c4[nH]/c(c(C)c4CC)=C\c4[nH]c(c(C)c4CC)C(C=C1C)CN2)C(CC)=C3C. The van der Waals surface area contributed by atoms with E-state index in [4.69, 9.17) is 9.98 Å². The average Bonchev–Trinajstić information content (AvgIpc) is 3.88. The number of fused-ring (bicyclic) bond motifs is 13. The lowest BCUT2D eigenvalue weighted by Gasteiger charge is -2.19. The Morgan fingerprint density at radius 1 is 0.648 bits per heavy atom. The number of hydrogen-bond donors (Lipinski definition) is 4. The smallest absolute Gasteiger partial charge is 0.0907 e. The van der Waals surface area contributed by atoms with Crippen molar-refractivity contribution in [2.24, 2.45) is 9.98 Å². The largest absolute Gasteiger partial charge is 0.387 e. The van der Waals surface area contributed by atoms with Gasteiger partial charge in [0.15, 0.2) is 0 Å². The van der Waals surface area contributed by atoms with E-state index in [1.807, 2.05) is 0 Å². The molecule has 12 bridgehead atoms. The molecule has 7 heterocycles. The zero-order valence-electron chi connectivity index (χ0n) is 35.0. The van der Waals surface area contributed by atoms with E-state index in [1.165, 1.54) is 100 Å². The minimum atomic E-state index is 0.111. The molecule has 0 aliphatic carbocycles. The van der Waals surface area contributed by atoms with Crippen LogP contribution in [0.25, 0.3) is 12.2 Å². The number of rotatable bonds is 6. The minimum absolute atomic E-state index is 0.111. The lowest BCUT2D eigenvalue weighted by atomic mass is 9.93. The second-order valence-electron chi connectivity index (χ2n) is 15.8. The summed E-state index contributed by atoms with van der Waals surface area (Å²) in [7, 11) is 0. The van der Waals surface area contributed by atoms with Crippen LogP contribution < -0.4 is 16.0 Å². The van der Waals surface area contributed by atoms with Gasteiger partial charge in [-0.15, -0.1) is 0 Å². The first-order valence-electron chi connectivity index (χ1n) is 20.7. The van der Waals surface area contributed by atoms with Gasteiger partial charge in [-0.25, -0.2) is 4.99 Å². The van der Waals surface area contributed by atoms with E-state index in [-0.39, 0.29) is 12.0 Å². The van der Waals surface area contributed by atoms with Crippen LogP contribution in [0.5, 0.6) is 0 Å². The molecule has 0 amide bonds. The van der Waals surface area contributed by atoms with Crippen LogP contribution in [-0.4, -0.2) is 39.0 Å². The van der Waals surface area contributed by atoms with E-state index >= 15 is 0 Å². The molecule has 7 rings (SSSR count). The van der Waals surface area contributed by atoms with Crippen LogP contribution in [0, 0.1) is 20.8 Å². The Morgan fingerprint density at radius 2 is 1.30 bits per heavy atom. The van der Waals surface area contributed by atoms with Gasteiger partial charge in [0.25, 0.3) is 0 Å². The maximum Gasteiger partial charge on any atom is 0.0907 e. The molecular formula is C48H62N6. The molecule has 4 N–H and O–H groups in total. The van der Waals surface area contributed by atoms with Crippen LogP contribution in [0.4, 0.5) is 0 Å². The molecule has 6 nitrogen and oxygen atoms in total. The molecule has 4 aliphatic rings. The van der Waals surface area contributed by atoms with E-state index in [1.54, 1.807) is 0 Å². The number of hydrogen-bond acceptors (Lipinski definition) is 3. The highest BCUT2D eigenvalue weighted by Gasteiger charge is 2.30. The van der Waals surface area contributed by atoms with Crippen molar-refractivity contribution in [2.45, 2.75) is 140 Å². The fourth-order valence-electron chi connectivity index (χ4n) is 9.97. The summed E-state index contributed by atoms with van der Waals surface area (Å²) in [5.74, 6) is 0.239. The van der Waals surface area contributed by atoms with Gasteiger partial charge in [-0.3, -0.25) is 4.99 Å². The first kappa shape index (κ1) is 37.7. The summed E-state index contributed by atoms with van der Waals surface area (Å²) >= 11 is 0. The number of nitrogens with one attached hydrogen (secondary N) is 4. The highest BCUT2D eigenvalue weighted by molar-refractivity contribution is 6.17. The summed E-state index contributed by atoms with van der Waals surface area (Å²) in [6.45, 7) is 28.2. The number of allylic oxidation sites excluding steroid dienone is 6. The van der Waals surface area contributed by atoms with Gasteiger partial charge in [0.1, 0.15) is 0 Å². The number of aliphatic imine (C=N–C) groups is 2. The molecular weight excluding hydrogens is 661 g/mol. The first-order valence-corrected chi connectivity index (χ1v) is 20.7. The number of H-pyrrole nitrogens is 3. The molecule has 6 heteroatoms. The second-order valence-corrected chi connectivity index (χ2v) is 15.8. The Kier molecular flexibility index (Phi) is 10.4. The molecule has 0 spiro atoms. The third kappa shape index (κ3) is 6.20. The van der Waals surface area contributed by atoms with Gasteiger partial charge in [-0.05, 0) is 165 Å². The van der Waals surface area contributed by atoms with Crippen LogP contribution in [0.15, 0.2) is 67.0 Å². The molecule has 0 saturated carbocycles. The molecule has 3 aromatic heterocycles. The van der Waals surface area contributed by atoms with E-state index in [9.17, 15) is 0 Å². The maximum atomic E-state index is 5.49. The normalized spacial score (nSPS) is 21.7. The standard InChI is InChI=1S/C48H62N6/c1-13-32-25(7)19-31-24-49-40(32)20-38-26(8)33(14-2)41(50-38)22-44-36(17-5)29(11)47(53-44)48-30(12)37(18-6)45(54-48)23-42-34(15-3)27(9)39(51-42)21-43-35(16-4)28(10)46(31)52-43/h19,21-23,31,38,49,51-52,54H,13-18,20,24H2,1-12H3/b39-21-,42-23?,44-22-. The van der Waals surface area contributed by atoms with Crippen LogP contribution in [0.3, 0.4) is 0 Å². The number of nitrogens with zero attached hydrogens (tertiary/aromatic N) is 2. The lowest BCUT2D eigenvalue weighted by Crippen LogP contribution is -2.23. The summed E-state index contributed by atoms with van der Waals surface area (Å²) in [5.41, 5.74) is 25.6. The fourth-order valence-corrected chi connectivity index (χ4v) is 9.97. The lowest BCUT2D eigenvalue weighted by molar-refractivity contribution is 0.652. The topological polar surface area (TPSA) is 84.1 Å². The van der Waals surface area contributed by atoms with E-state index in [2.05, 4.69) is 128 Å². The first-order chi connectivity index (χ1) is 26.0. The van der Waals surface area contributed by atoms with Gasteiger partial charge in [0, 0.05) is 52.4 Å². The maximum absolute atomic E-state index is 5.49. The molecule has 0 fully saturated rings. The third-order valence-corrected chi connectivity index (χ3v) is 13.0. The molecule has 0 aromatic carbocycles. The van der Waals surface area contributed by atoms with Crippen molar-refractivity contribution >= 4 is 23.6 Å². The molecule has 284 valence electrons. The Morgan fingerprint density at radius 3 is 1.96 bits per heavy atom. The summed E-state index contributed by atoms with van der Waals surface area (Å²) in [5, 5.41) is 6.35. The fraction of sp³-hybridized carbons (Fsp3) is 0.458. The molecule has 4 aliphatic heterocycles. The van der Waals surface area contributed by atoms with Crippen molar-refractivity contribution in [2.75, 3.05) is 6.54 Å². The average molecular weight is 723 g/mol. The monoisotopic (exact) mass is 723 g/mol. The summed E-state index contributed by atoms with van der Waals surface area (Å²) in [6.07, 6.45) is 16.1. The van der Waals surface area contributed by atoms with E-state index in [0.29, 0.717) is 0 Å². The molecule has 0 saturated heterocycles. The van der Waals surface area contributed by atoms with Crippen LogP contribution >= 0.6 is 0 Å². The number of aromatic amines is 3. The van der Waals surface area contributed by atoms with Crippen molar-refractivity contribution < 1.29 is 0 Å². The van der Waals surface area contributed by atoms with Crippen LogP contribution in [0.1, 0.15) is 150 Å². The van der Waals surface area contributed by atoms with Crippen molar-refractivity contribution in [3.8, 4) is 0 Å². The highest BCUT2D eigenvalue weighted by Crippen LogP contribution is 2.37. The van der Waals surface area contributed by atoms with E-state index < -0.39 is 0 Å². The van der Waals surface area contributed by atoms with Gasteiger partial charge in [-0.2, -0.15) is 0 Å². The summed E-state index contributed by atoms with van der Waals surface area (Å²) in [6, 6.07) is 0.111. The Balaban J connectivity index is 1.50. The van der Waals surface area contributed by atoms with Gasteiger partial charge in [0.2, 0.25) is 0 Å². The summed E-state index contributed by atoms with van der Waals surface area (Å²) in [4.78, 5) is 22.7. The van der Waals surface area contributed by atoms with Gasteiger partial charge < -0.3 is 20.3 Å². The van der Waals surface area contributed by atoms with Crippen molar-refractivity contribution in [3.05, 3.63) is 124 Å².